The van der Waals surface area contributed by atoms with Crippen LogP contribution in [0, 0.1) is 14.9 Å². The summed E-state index contributed by atoms with van der Waals surface area (Å²) in [6.07, 6.45) is -2.68. The first-order chi connectivity index (χ1) is 7.10. The molecule has 0 saturated heterocycles. The zero-order valence-electron chi connectivity index (χ0n) is 7.80. The van der Waals surface area contributed by atoms with Crippen LogP contribution in [0.15, 0.2) is 6.07 Å². The molecule has 0 amide bonds. The van der Waals surface area contributed by atoms with E-state index in [0.717, 1.165) is 0 Å². The number of nitrogens with zero attached hydrogens (tertiary/aromatic N) is 2. The Balaban J connectivity index is 3.25. The minimum absolute atomic E-state index is 0.0159. The topological polar surface area (TPSA) is 45.9 Å². The van der Waals surface area contributed by atoms with Crippen molar-refractivity contribution in [3.05, 3.63) is 21.0 Å². The lowest BCUT2D eigenvalue weighted by atomic mass is 10.2. The Morgan fingerprint density at radius 3 is 2.80 bits per heavy atom. The van der Waals surface area contributed by atoms with Crippen LogP contribution < -0.4 is 4.74 Å². The Labute approximate surface area is 99.2 Å². The molecule has 1 aromatic rings. The van der Waals surface area contributed by atoms with E-state index >= 15 is 0 Å². The number of pyridine rings is 1. The smallest absolute Gasteiger partial charge is 0.284 e. The Hall–Kier alpha value is -0.970. The maximum atomic E-state index is 12.5. The van der Waals surface area contributed by atoms with Crippen LogP contribution in [0.4, 0.5) is 8.78 Å². The first-order valence-corrected chi connectivity index (χ1v) is 5.06. The first-order valence-electron chi connectivity index (χ1n) is 3.98. The molecule has 0 atom stereocenters. The zero-order chi connectivity index (χ0) is 11.4. The number of rotatable bonds is 3. The molecule has 0 radical (unpaired) electrons. The normalized spacial score (nSPS) is 10.1. The summed E-state index contributed by atoms with van der Waals surface area (Å²) in [5.41, 5.74) is -0.0580. The molecule has 0 N–H and O–H groups in total. The largest absolute Gasteiger partial charge is 0.495 e. The number of hydrogen-bond donors (Lipinski definition) is 0. The van der Waals surface area contributed by atoms with Crippen LogP contribution in [0.1, 0.15) is 17.8 Å². The Kier molecular flexibility index (Phi) is 4.20. The van der Waals surface area contributed by atoms with Gasteiger partial charge in [0.25, 0.3) is 6.43 Å². The van der Waals surface area contributed by atoms with Gasteiger partial charge >= 0.3 is 0 Å². The second-order valence-electron chi connectivity index (χ2n) is 2.64. The number of hydrogen-bond acceptors (Lipinski definition) is 3. The average molecular weight is 324 g/mol. The van der Waals surface area contributed by atoms with E-state index in [-0.39, 0.29) is 12.2 Å². The highest BCUT2D eigenvalue weighted by atomic mass is 127. The van der Waals surface area contributed by atoms with Crippen LogP contribution >= 0.6 is 22.6 Å². The van der Waals surface area contributed by atoms with Crippen LogP contribution in [-0.2, 0) is 6.42 Å². The van der Waals surface area contributed by atoms with Crippen LogP contribution in [0.25, 0.3) is 0 Å². The molecule has 0 spiro atoms. The van der Waals surface area contributed by atoms with Crippen molar-refractivity contribution in [3.8, 4) is 11.8 Å². The van der Waals surface area contributed by atoms with Gasteiger partial charge in [-0.3, -0.25) is 0 Å². The molecule has 1 heterocycles. The highest BCUT2D eigenvalue weighted by Crippen LogP contribution is 2.29. The van der Waals surface area contributed by atoms with Crippen molar-refractivity contribution < 1.29 is 13.5 Å². The van der Waals surface area contributed by atoms with E-state index in [0.29, 0.717) is 9.26 Å². The lowest BCUT2D eigenvalue weighted by molar-refractivity contribution is 0.141. The fourth-order valence-corrected chi connectivity index (χ4v) is 1.64. The molecule has 80 valence electrons. The van der Waals surface area contributed by atoms with Gasteiger partial charge in [-0.25, -0.2) is 13.8 Å². The van der Waals surface area contributed by atoms with Gasteiger partial charge in [0.05, 0.1) is 25.3 Å². The van der Waals surface area contributed by atoms with Crippen molar-refractivity contribution in [1.82, 2.24) is 4.98 Å². The molecular formula is C9H7F2IN2O. The number of ether oxygens (including phenoxy) is 1. The van der Waals surface area contributed by atoms with Gasteiger partial charge in [0.2, 0.25) is 0 Å². The van der Waals surface area contributed by atoms with E-state index in [1.165, 1.54) is 13.2 Å². The quantitative estimate of drug-likeness (QED) is 0.803. The maximum Gasteiger partial charge on any atom is 0.284 e. The minimum Gasteiger partial charge on any atom is -0.495 e. The molecule has 0 unspecified atom stereocenters. The summed E-state index contributed by atoms with van der Waals surface area (Å²) in [4.78, 5) is 3.73. The molecule has 15 heavy (non-hydrogen) atoms. The molecule has 0 fully saturated rings. The van der Waals surface area contributed by atoms with Gasteiger partial charge in [-0.15, -0.1) is 0 Å². The van der Waals surface area contributed by atoms with E-state index in [1.54, 1.807) is 0 Å². The van der Waals surface area contributed by atoms with Crippen molar-refractivity contribution >= 4 is 22.6 Å². The van der Waals surface area contributed by atoms with Gasteiger partial charge in [-0.2, -0.15) is 5.26 Å². The summed E-state index contributed by atoms with van der Waals surface area (Å²) >= 11 is 1.93. The van der Waals surface area contributed by atoms with Crippen molar-refractivity contribution in [3.63, 3.8) is 0 Å². The number of aromatic nitrogens is 1. The second kappa shape index (κ2) is 5.21. The molecule has 6 heteroatoms. The standard InChI is InChI=1S/C9H7F2IN2O/c1-15-7-4-5(12)6(2-3-13)14-8(7)9(10)11/h4,9H,2H2,1H3. The van der Waals surface area contributed by atoms with Crippen molar-refractivity contribution in [2.75, 3.05) is 7.11 Å². The first kappa shape index (κ1) is 12.1. The third kappa shape index (κ3) is 2.75. The number of nitriles is 1. The third-order valence-corrected chi connectivity index (χ3v) is 2.65. The Morgan fingerprint density at radius 2 is 2.33 bits per heavy atom. The molecule has 0 aromatic carbocycles. The number of alkyl halides is 2. The second-order valence-corrected chi connectivity index (χ2v) is 3.80. The maximum absolute atomic E-state index is 12.5. The molecule has 0 bridgehead atoms. The summed E-state index contributed by atoms with van der Waals surface area (Å²) in [5, 5.41) is 8.49. The summed E-state index contributed by atoms with van der Waals surface area (Å²) in [6, 6.07) is 3.34. The van der Waals surface area contributed by atoms with Crippen LogP contribution in [0.5, 0.6) is 5.75 Å². The lowest BCUT2D eigenvalue weighted by Crippen LogP contribution is -2.02. The van der Waals surface area contributed by atoms with E-state index in [1.807, 2.05) is 28.7 Å². The molecule has 1 aromatic heterocycles. The molecule has 3 nitrogen and oxygen atoms in total. The Bertz CT molecular complexity index is 404. The molecule has 0 aliphatic heterocycles. The minimum atomic E-state index is -2.70. The van der Waals surface area contributed by atoms with Crippen LogP contribution in [-0.4, -0.2) is 12.1 Å². The zero-order valence-corrected chi connectivity index (χ0v) is 9.96. The fraction of sp³-hybridized carbons (Fsp3) is 0.333. The van der Waals surface area contributed by atoms with E-state index in [9.17, 15) is 8.78 Å². The fourth-order valence-electron chi connectivity index (χ4n) is 1.04. The highest BCUT2D eigenvalue weighted by Gasteiger charge is 2.18. The summed E-state index contributed by atoms with van der Waals surface area (Å²) in [6.45, 7) is 0. The van der Waals surface area contributed by atoms with E-state index in [4.69, 9.17) is 10.00 Å². The van der Waals surface area contributed by atoms with Gasteiger partial charge in [0.15, 0.2) is 0 Å². The van der Waals surface area contributed by atoms with Crippen molar-refractivity contribution in [2.24, 2.45) is 0 Å². The Morgan fingerprint density at radius 1 is 1.67 bits per heavy atom. The van der Waals surface area contributed by atoms with Gasteiger partial charge in [0.1, 0.15) is 11.4 Å². The third-order valence-electron chi connectivity index (χ3n) is 1.71. The average Bonchev–Trinajstić information content (AvgIpc) is 2.20. The lowest BCUT2D eigenvalue weighted by Gasteiger charge is -2.09. The molecule has 0 aliphatic carbocycles. The van der Waals surface area contributed by atoms with Crippen LogP contribution in [0.3, 0.4) is 0 Å². The summed E-state index contributed by atoms with van der Waals surface area (Å²) in [7, 11) is 1.31. The van der Waals surface area contributed by atoms with Crippen molar-refractivity contribution in [1.29, 1.82) is 5.26 Å². The highest BCUT2D eigenvalue weighted by molar-refractivity contribution is 14.1. The van der Waals surface area contributed by atoms with E-state index < -0.39 is 12.1 Å². The molecular weight excluding hydrogens is 317 g/mol. The molecule has 0 aliphatic rings. The number of methoxy groups -OCH3 is 1. The predicted octanol–water partition coefficient (Wildman–Crippen LogP) is 2.70. The molecule has 0 saturated carbocycles. The summed E-state index contributed by atoms with van der Waals surface area (Å²) in [5.74, 6) is 0.0519. The summed E-state index contributed by atoms with van der Waals surface area (Å²) < 4.78 is 30.5. The number of halogens is 3. The van der Waals surface area contributed by atoms with Crippen LogP contribution in [0.2, 0.25) is 0 Å². The monoisotopic (exact) mass is 324 g/mol. The SMILES string of the molecule is COc1cc(I)c(CC#N)nc1C(F)F. The van der Waals surface area contributed by atoms with E-state index in [2.05, 4.69) is 4.98 Å². The van der Waals surface area contributed by atoms with Crippen molar-refractivity contribution in [2.45, 2.75) is 12.8 Å². The van der Waals surface area contributed by atoms with Gasteiger partial charge in [0, 0.05) is 3.57 Å². The molecule has 1 rings (SSSR count). The van der Waals surface area contributed by atoms with Gasteiger partial charge in [-0.1, -0.05) is 0 Å². The van der Waals surface area contributed by atoms with Gasteiger partial charge < -0.3 is 4.74 Å². The van der Waals surface area contributed by atoms with Gasteiger partial charge in [-0.05, 0) is 28.7 Å². The predicted molar refractivity (Wildman–Crippen MR) is 57.8 cm³/mol.